The van der Waals surface area contributed by atoms with E-state index in [1.54, 1.807) is 18.2 Å². The zero-order valence-electron chi connectivity index (χ0n) is 10.2. The van der Waals surface area contributed by atoms with E-state index in [2.05, 4.69) is 0 Å². The predicted octanol–water partition coefficient (Wildman–Crippen LogP) is 4.01. The first-order chi connectivity index (χ1) is 9.34. The first-order valence-electron chi connectivity index (χ1n) is 5.69. The fraction of sp³-hybridized carbons (Fsp3) is 0.143. The van der Waals surface area contributed by atoms with Crippen molar-refractivity contribution in [1.29, 1.82) is 0 Å². The van der Waals surface area contributed by atoms with Crippen LogP contribution in [0.15, 0.2) is 42.5 Å². The van der Waals surface area contributed by atoms with Crippen LogP contribution in [-0.4, -0.2) is 0 Å². The number of alkyl halides is 3. The van der Waals surface area contributed by atoms with Crippen molar-refractivity contribution in [2.24, 2.45) is 0 Å². The largest absolute Gasteiger partial charge is 0.489 e. The molecule has 2 aromatic carbocycles. The average molecular weight is 285 g/mol. The molecule has 0 aliphatic carbocycles. The van der Waals surface area contributed by atoms with Gasteiger partial charge in [-0.15, -0.1) is 0 Å². The Balaban J connectivity index is 2.16. The van der Waals surface area contributed by atoms with E-state index in [1.165, 1.54) is 6.07 Å². The summed E-state index contributed by atoms with van der Waals surface area (Å²) in [5.41, 5.74) is 5.07. The highest BCUT2D eigenvalue weighted by Gasteiger charge is 2.31. The molecule has 0 aromatic heterocycles. The number of hydrogen-bond acceptors (Lipinski definition) is 2. The molecule has 0 heterocycles. The van der Waals surface area contributed by atoms with E-state index in [-0.39, 0.29) is 12.2 Å². The first kappa shape index (κ1) is 14.2. The fourth-order valence-electron chi connectivity index (χ4n) is 1.67. The molecule has 0 amide bonds. The number of anilines is 1. The van der Waals surface area contributed by atoms with Crippen molar-refractivity contribution < 1.29 is 22.3 Å². The van der Waals surface area contributed by atoms with Gasteiger partial charge in [0.1, 0.15) is 18.2 Å². The van der Waals surface area contributed by atoms with Crippen LogP contribution in [0.5, 0.6) is 5.75 Å². The van der Waals surface area contributed by atoms with Gasteiger partial charge in [-0.05, 0) is 35.9 Å². The van der Waals surface area contributed by atoms with Crippen LogP contribution in [0.3, 0.4) is 0 Å². The molecule has 0 saturated heterocycles. The van der Waals surface area contributed by atoms with Crippen LogP contribution in [0.1, 0.15) is 11.1 Å². The van der Waals surface area contributed by atoms with E-state index in [1.807, 2.05) is 0 Å². The van der Waals surface area contributed by atoms with Crippen molar-refractivity contribution in [2.75, 3.05) is 5.73 Å². The van der Waals surface area contributed by atoms with E-state index in [4.69, 9.17) is 10.5 Å². The predicted molar refractivity (Wildman–Crippen MR) is 66.6 cm³/mol. The summed E-state index contributed by atoms with van der Waals surface area (Å²) in [4.78, 5) is 0. The summed E-state index contributed by atoms with van der Waals surface area (Å²) < 4.78 is 56.1. The van der Waals surface area contributed by atoms with Crippen LogP contribution in [0.2, 0.25) is 0 Å². The van der Waals surface area contributed by atoms with Gasteiger partial charge in [-0.25, -0.2) is 4.39 Å². The second kappa shape index (κ2) is 5.40. The second-order valence-corrected chi connectivity index (χ2v) is 4.21. The topological polar surface area (TPSA) is 35.2 Å². The summed E-state index contributed by atoms with van der Waals surface area (Å²) in [7, 11) is 0. The third-order valence-electron chi connectivity index (χ3n) is 2.55. The van der Waals surface area contributed by atoms with E-state index < -0.39 is 17.6 Å². The Labute approximate surface area is 112 Å². The minimum atomic E-state index is -4.59. The zero-order valence-corrected chi connectivity index (χ0v) is 10.2. The van der Waals surface area contributed by atoms with Gasteiger partial charge in [0.2, 0.25) is 0 Å². The number of halogens is 4. The van der Waals surface area contributed by atoms with Crippen molar-refractivity contribution in [3.63, 3.8) is 0 Å². The molecule has 0 fully saturated rings. The number of hydrogen-bond donors (Lipinski definition) is 1. The summed E-state index contributed by atoms with van der Waals surface area (Å²) in [6.45, 7) is -0.176. The van der Waals surface area contributed by atoms with Crippen molar-refractivity contribution >= 4 is 5.69 Å². The SMILES string of the molecule is Nc1cccc(OCc2cc(F)cc(C(F)(F)F)c2)c1. The summed E-state index contributed by atoms with van der Waals surface area (Å²) in [6, 6.07) is 8.75. The highest BCUT2D eigenvalue weighted by molar-refractivity contribution is 5.43. The van der Waals surface area contributed by atoms with E-state index in [0.717, 1.165) is 12.1 Å². The number of benzene rings is 2. The lowest BCUT2D eigenvalue weighted by Crippen LogP contribution is -2.07. The normalized spacial score (nSPS) is 11.4. The van der Waals surface area contributed by atoms with Crippen LogP contribution in [0.4, 0.5) is 23.2 Å². The quantitative estimate of drug-likeness (QED) is 0.683. The molecule has 0 atom stereocenters. The van der Waals surface area contributed by atoms with Gasteiger partial charge in [0.25, 0.3) is 0 Å². The van der Waals surface area contributed by atoms with E-state index in [9.17, 15) is 17.6 Å². The van der Waals surface area contributed by atoms with Crippen molar-refractivity contribution in [3.05, 3.63) is 59.4 Å². The van der Waals surface area contributed by atoms with Gasteiger partial charge in [-0.3, -0.25) is 0 Å². The molecule has 0 radical (unpaired) electrons. The maximum absolute atomic E-state index is 13.2. The Morgan fingerprint density at radius 1 is 1.05 bits per heavy atom. The van der Waals surface area contributed by atoms with Gasteiger partial charge >= 0.3 is 6.18 Å². The molecular formula is C14H11F4NO. The Morgan fingerprint density at radius 3 is 2.45 bits per heavy atom. The molecule has 0 unspecified atom stereocenters. The lowest BCUT2D eigenvalue weighted by Gasteiger charge is -2.11. The lowest BCUT2D eigenvalue weighted by molar-refractivity contribution is -0.137. The molecule has 2 rings (SSSR count). The van der Waals surface area contributed by atoms with Crippen molar-refractivity contribution in [3.8, 4) is 5.75 Å². The molecule has 6 heteroatoms. The minimum absolute atomic E-state index is 0.0970. The molecule has 2 N–H and O–H groups in total. The van der Waals surface area contributed by atoms with Gasteiger partial charge in [-0.1, -0.05) is 6.07 Å². The maximum Gasteiger partial charge on any atom is 0.416 e. The third kappa shape index (κ3) is 3.63. The van der Waals surface area contributed by atoms with E-state index in [0.29, 0.717) is 17.5 Å². The second-order valence-electron chi connectivity index (χ2n) is 4.21. The summed E-state index contributed by atoms with van der Waals surface area (Å²) in [5, 5.41) is 0. The highest BCUT2D eigenvalue weighted by atomic mass is 19.4. The highest BCUT2D eigenvalue weighted by Crippen LogP contribution is 2.30. The van der Waals surface area contributed by atoms with Crippen LogP contribution in [0, 0.1) is 5.82 Å². The minimum Gasteiger partial charge on any atom is -0.489 e. The van der Waals surface area contributed by atoms with Crippen LogP contribution < -0.4 is 10.5 Å². The molecule has 20 heavy (non-hydrogen) atoms. The zero-order chi connectivity index (χ0) is 14.8. The summed E-state index contributed by atoms with van der Waals surface area (Å²) in [6.07, 6.45) is -4.59. The van der Waals surface area contributed by atoms with E-state index >= 15 is 0 Å². The number of nitrogens with two attached hydrogens (primary N) is 1. The Bertz CT molecular complexity index is 610. The molecule has 0 saturated carbocycles. The third-order valence-corrected chi connectivity index (χ3v) is 2.55. The summed E-state index contributed by atoms with van der Waals surface area (Å²) in [5.74, 6) is -0.547. The molecule has 106 valence electrons. The molecule has 2 nitrogen and oxygen atoms in total. The number of nitrogen functional groups attached to an aromatic ring is 1. The van der Waals surface area contributed by atoms with Crippen molar-refractivity contribution in [2.45, 2.75) is 12.8 Å². The lowest BCUT2D eigenvalue weighted by atomic mass is 10.1. The van der Waals surface area contributed by atoms with Gasteiger partial charge in [-0.2, -0.15) is 13.2 Å². The average Bonchev–Trinajstić information content (AvgIpc) is 2.35. The van der Waals surface area contributed by atoms with Crippen molar-refractivity contribution in [1.82, 2.24) is 0 Å². The Kier molecular flexibility index (Phi) is 3.83. The molecular weight excluding hydrogens is 274 g/mol. The first-order valence-corrected chi connectivity index (χ1v) is 5.69. The number of ether oxygens (including phenoxy) is 1. The fourth-order valence-corrected chi connectivity index (χ4v) is 1.67. The van der Waals surface area contributed by atoms with Gasteiger partial charge in [0, 0.05) is 11.8 Å². The maximum atomic E-state index is 13.2. The van der Waals surface area contributed by atoms with Crippen LogP contribution in [0.25, 0.3) is 0 Å². The smallest absolute Gasteiger partial charge is 0.416 e. The molecule has 0 spiro atoms. The monoisotopic (exact) mass is 285 g/mol. The standard InChI is InChI=1S/C14H11F4NO/c15-11-5-9(4-10(6-11)14(16,17)18)8-20-13-3-1-2-12(19)7-13/h1-7H,8,19H2. The molecule has 0 aliphatic rings. The number of rotatable bonds is 3. The molecule has 2 aromatic rings. The summed E-state index contributed by atoms with van der Waals surface area (Å²) >= 11 is 0. The molecule has 0 aliphatic heterocycles. The Morgan fingerprint density at radius 2 is 1.80 bits per heavy atom. The van der Waals surface area contributed by atoms with Gasteiger partial charge < -0.3 is 10.5 Å². The van der Waals surface area contributed by atoms with Gasteiger partial charge in [0.05, 0.1) is 5.56 Å². The van der Waals surface area contributed by atoms with Crippen LogP contribution in [-0.2, 0) is 12.8 Å². The Hall–Kier alpha value is -2.24. The molecule has 0 bridgehead atoms. The van der Waals surface area contributed by atoms with Crippen LogP contribution >= 0.6 is 0 Å². The van der Waals surface area contributed by atoms with Gasteiger partial charge in [0.15, 0.2) is 0 Å².